The number of halogens is 1. The van der Waals surface area contributed by atoms with E-state index >= 15 is 0 Å². The van der Waals surface area contributed by atoms with Crippen molar-refractivity contribution >= 4 is 11.8 Å². The van der Waals surface area contributed by atoms with Crippen LogP contribution in [-0.4, -0.2) is 28.1 Å². The summed E-state index contributed by atoms with van der Waals surface area (Å²) in [5.41, 5.74) is 3.41. The summed E-state index contributed by atoms with van der Waals surface area (Å²) in [7, 11) is 0. The largest absolute Gasteiger partial charge is 0.457 e. The van der Waals surface area contributed by atoms with E-state index in [-0.39, 0.29) is 12.0 Å². The number of Topliss-reactive ketones (excluding diaryl/α,β-unsaturated/α-hetero) is 1. The maximum atomic E-state index is 13.2. The highest BCUT2D eigenvalue weighted by Crippen LogP contribution is 2.18. The van der Waals surface area contributed by atoms with E-state index < -0.39 is 24.2 Å². The van der Waals surface area contributed by atoms with Crippen LogP contribution in [0.2, 0.25) is 0 Å². The third-order valence-electron chi connectivity index (χ3n) is 4.27. The Kier molecular flexibility index (Phi) is 5.45. The van der Waals surface area contributed by atoms with Crippen molar-refractivity contribution < 1.29 is 18.7 Å². The molecule has 0 saturated carbocycles. The summed E-state index contributed by atoms with van der Waals surface area (Å²) in [6, 6.07) is 14.9. The number of nitrogens with zero attached hydrogens (tertiary/aromatic N) is 2. The second kappa shape index (κ2) is 7.95. The van der Waals surface area contributed by atoms with Gasteiger partial charge in [-0.2, -0.15) is 5.10 Å². The number of carbonyl (C=O) groups is 2. The van der Waals surface area contributed by atoms with Crippen LogP contribution in [0.1, 0.15) is 27.3 Å². The minimum atomic E-state index is -0.529. The molecule has 1 aromatic heterocycles. The standard InChI is InChI=1S/C21H19FN2O3/c1-14-19(15(2)24(23-14)18-9-4-3-5-10-18)12-21(26)27-13-20(25)16-7-6-8-17(22)11-16/h3-11H,12-13H2,1-2H3. The number of aromatic nitrogens is 2. The molecule has 0 aliphatic heterocycles. The number of benzene rings is 2. The maximum Gasteiger partial charge on any atom is 0.310 e. The molecule has 0 amide bonds. The van der Waals surface area contributed by atoms with E-state index in [0.29, 0.717) is 0 Å². The third kappa shape index (κ3) is 4.28. The molecule has 0 saturated heterocycles. The molecule has 27 heavy (non-hydrogen) atoms. The van der Waals surface area contributed by atoms with Crippen molar-refractivity contribution in [3.8, 4) is 5.69 Å². The van der Waals surface area contributed by atoms with Crippen LogP contribution in [-0.2, 0) is 16.0 Å². The molecule has 3 rings (SSSR count). The molecule has 0 radical (unpaired) electrons. The highest BCUT2D eigenvalue weighted by Gasteiger charge is 2.18. The summed E-state index contributed by atoms with van der Waals surface area (Å²) >= 11 is 0. The second-order valence-electron chi connectivity index (χ2n) is 6.17. The van der Waals surface area contributed by atoms with Gasteiger partial charge in [0.25, 0.3) is 0 Å². The first-order chi connectivity index (χ1) is 13.0. The van der Waals surface area contributed by atoms with Gasteiger partial charge in [0.15, 0.2) is 12.4 Å². The van der Waals surface area contributed by atoms with Crippen molar-refractivity contribution in [2.45, 2.75) is 20.3 Å². The monoisotopic (exact) mass is 366 g/mol. The molecule has 0 N–H and O–H groups in total. The topological polar surface area (TPSA) is 61.2 Å². The van der Waals surface area contributed by atoms with Crippen molar-refractivity contribution in [1.29, 1.82) is 0 Å². The molecule has 0 spiro atoms. The van der Waals surface area contributed by atoms with E-state index in [1.54, 1.807) is 4.68 Å². The Morgan fingerprint density at radius 2 is 1.81 bits per heavy atom. The molecular formula is C21H19FN2O3. The lowest BCUT2D eigenvalue weighted by atomic mass is 10.1. The minimum absolute atomic E-state index is 0.0148. The molecule has 0 unspecified atom stereocenters. The van der Waals surface area contributed by atoms with Crippen LogP contribution in [0.25, 0.3) is 5.69 Å². The summed E-state index contributed by atoms with van der Waals surface area (Å²) in [5.74, 6) is -1.48. The number of ketones is 1. The number of carbonyl (C=O) groups excluding carboxylic acids is 2. The first-order valence-electron chi connectivity index (χ1n) is 8.50. The zero-order valence-corrected chi connectivity index (χ0v) is 15.1. The number of hydrogen-bond acceptors (Lipinski definition) is 4. The molecule has 0 aliphatic rings. The minimum Gasteiger partial charge on any atom is -0.457 e. The van der Waals surface area contributed by atoms with Gasteiger partial charge in [0.05, 0.1) is 17.8 Å². The maximum absolute atomic E-state index is 13.2. The summed E-state index contributed by atoms with van der Waals surface area (Å²) in [4.78, 5) is 24.2. The fourth-order valence-electron chi connectivity index (χ4n) is 2.84. The van der Waals surface area contributed by atoms with Crippen LogP contribution < -0.4 is 0 Å². The van der Waals surface area contributed by atoms with Gasteiger partial charge in [0.2, 0.25) is 0 Å². The first kappa shape index (κ1) is 18.5. The lowest BCUT2D eigenvalue weighted by Crippen LogP contribution is -2.16. The van der Waals surface area contributed by atoms with Crippen LogP contribution in [0, 0.1) is 19.7 Å². The van der Waals surface area contributed by atoms with Gasteiger partial charge < -0.3 is 4.74 Å². The van der Waals surface area contributed by atoms with Crippen molar-refractivity contribution in [2.24, 2.45) is 0 Å². The van der Waals surface area contributed by atoms with Crippen LogP contribution in [0.5, 0.6) is 0 Å². The number of ether oxygens (including phenoxy) is 1. The van der Waals surface area contributed by atoms with Crippen molar-refractivity contribution in [3.05, 3.63) is 82.9 Å². The zero-order valence-electron chi connectivity index (χ0n) is 15.1. The van der Waals surface area contributed by atoms with Gasteiger partial charge in [-0.05, 0) is 38.1 Å². The summed E-state index contributed by atoms with van der Waals surface area (Å²) in [5, 5.41) is 4.49. The first-order valence-corrected chi connectivity index (χ1v) is 8.50. The SMILES string of the molecule is Cc1nn(-c2ccccc2)c(C)c1CC(=O)OCC(=O)c1cccc(F)c1. The molecule has 5 nitrogen and oxygen atoms in total. The van der Waals surface area contributed by atoms with E-state index in [1.165, 1.54) is 18.2 Å². The van der Waals surface area contributed by atoms with Crippen LogP contribution >= 0.6 is 0 Å². The highest BCUT2D eigenvalue weighted by atomic mass is 19.1. The predicted molar refractivity (Wildman–Crippen MR) is 98.4 cm³/mol. The summed E-state index contributed by atoms with van der Waals surface area (Å²) in [6.45, 7) is 3.29. The van der Waals surface area contributed by atoms with Crippen LogP contribution in [0.3, 0.4) is 0 Å². The quantitative estimate of drug-likeness (QED) is 0.494. The fourth-order valence-corrected chi connectivity index (χ4v) is 2.84. The number of esters is 1. The Labute approximate surface area is 156 Å². The van der Waals surface area contributed by atoms with E-state index in [2.05, 4.69) is 5.10 Å². The van der Waals surface area contributed by atoms with Crippen molar-refractivity contribution in [1.82, 2.24) is 9.78 Å². The van der Waals surface area contributed by atoms with Crippen molar-refractivity contribution in [3.63, 3.8) is 0 Å². The van der Waals surface area contributed by atoms with E-state index in [4.69, 9.17) is 4.74 Å². The molecule has 2 aromatic carbocycles. The lowest BCUT2D eigenvalue weighted by Gasteiger charge is -2.06. The van der Waals surface area contributed by atoms with Gasteiger partial charge in [0.1, 0.15) is 5.82 Å². The van der Waals surface area contributed by atoms with Gasteiger partial charge in [-0.15, -0.1) is 0 Å². The summed E-state index contributed by atoms with van der Waals surface area (Å²) in [6.07, 6.45) is 0.0148. The fraction of sp³-hybridized carbons (Fsp3) is 0.190. The van der Waals surface area contributed by atoms with Gasteiger partial charge in [-0.3, -0.25) is 9.59 Å². The molecule has 1 heterocycles. The number of para-hydroxylation sites is 1. The molecule has 3 aromatic rings. The Hall–Kier alpha value is -3.28. The van der Waals surface area contributed by atoms with Gasteiger partial charge in [-0.1, -0.05) is 30.3 Å². The van der Waals surface area contributed by atoms with Gasteiger partial charge in [-0.25, -0.2) is 9.07 Å². The molecule has 0 aliphatic carbocycles. The van der Waals surface area contributed by atoms with Gasteiger partial charge in [0, 0.05) is 16.8 Å². The Balaban J connectivity index is 1.66. The van der Waals surface area contributed by atoms with Crippen molar-refractivity contribution in [2.75, 3.05) is 6.61 Å². The van der Waals surface area contributed by atoms with Gasteiger partial charge >= 0.3 is 5.97 Å². The Morgan fingerprint density at radius 1 is 1.07 bits per heavy atom. The normalized spacial score (nSPS) is 10.6. The molecule has 0 fully saturated rings. The zero-order chi connectivity index (χ0) is 19.4. The molecule has 6 heteroatoms. The van der Waals surface area contributed by atoms with Crippen LogP contribution in [0.15, 0.2) is 54.6 Å². The van der Waals surface area contributed by atoms with E-state index in [9.17, 15) is 14.0 Å². The van der Waals surface area contributed by atoms with Crippen LogP contribution in [0.4, 0.5) is 4.39 Å². The molecule has 0 atom stereocenters. The smallest absolute Gasteiger partial charge is 0.310 e. The Bertz CT molecular complexity index is 980. The Morgan fingerprint density at radius 3 is 2.52 bits per heavy atom. The molecule has 0 bridgehead atoms. The predicted octanol–water partition coefficient (Wildman–Crippen LogP) is 3.60. The third-order valence-corrected chi connectivity index (χ3v) is 4.27. The number of rotatable bonds is 6. The average Bonchev–Trinajstić information content (AvgIpc) is 2.95. The lowest BCUT2D eigenvalue weighted by molar-refractivity contribution is -0.141. The van der Waals surface area contributed by atoms with E-state index in [1.807, 2.05) is 44.2 Å². The number of aryl methyl sites for hydroxylation is 1. The number of hydrogen-bond donors (Lipinski definition) is 0. The average molecular weight is 366 g/mol. The summed E-state index contributed by atoms with van der Waals surface area (Å²) < 4.78 is 20.0. The second-order valence-corrected chi connectivity index (χ2v) is 6.17. The van der Waals surface area contributed by atoms with E-state index in [0.717, 1.165) is 28.7 Å². The molecular weight excluding hydrogens is 347 g/mol. The highest BCUT2D eigenvalue weighted by molar-refractivity contribution is 5.98. The molecule has 138 valence electrons.